The predicted octanol–water partition coefficient (Wildman–Crippen LogP) is 0.889. The van der Waals surface area contributed by atoms with E-state index >= 15 is 0 Å². The standard InChI is InChI=1S/C18H29N5O2/c1-14(2)16-12-15(3)19-18(20-16)23-6-4-22(5-7-23)17(24)13-21-8-10-25-11-9-21/h12,14H,4-11,13H2,1-3H3. The van der Waals surface area contributed by atoms with Crippen molar-refractivity contribution in [3.63, 3.8) is 0 Å². The van der Waals surface area contributed by atoms with Crippen molar-refractivity contribution in [3.05, 3.63) is 17.5 Å². The van der Waals surface area contributed by atoms with Crippen LogP contribution in [0.1, 0.15) is 31.2 Å². The van der Waals surface area contributed by atoms with Crippen LogP contribution in [0.5, 0.6) is 0 Å². The fourth-order valence-electron chi connectivity index (χ4n) is 3.22. The van der Waals surface area contributed by atoms with E-state index < -0.39 is 0 Å². The maximum Gasteiger partial charge on any atom is 0.236 e. The molecule has 2 aliphatic heterocycles. The van der Waals surface area contributed by atoms with Crippen LogP contribution < -0.4 is 4.90 Å². The average molecular weight is 347 g/mol. The Labute approximate surface area is 150 Å². The van der Waals surface area contributed by atoms with Crippen molar-refractivity contribution in [2.24, 2.45) is 0 Å². The SMILES string of the molecule is Cc1cc(C(C)C)nc(N2CCN(C(=O)CN3CCOCC3)CC2)n1. The zero-order valence-electron chi connectivity index (χ0n) is 15.6. The van der Waals surface area contributed by atoms with Gasteiger partial charge in [-0.1, -0.05) is 13.8 Å². The molecule has 0 aromatic carbocycles. The second kappa shape index (κ2) is 8.10. The quantitative estimate of drug-likeness (QED) is 0.806. The van der Waals surface area contributed by atoms with Crippen molar-refractivity contribution in [3.8, 4) is 0 Å². The van der Waals surface area contributed by atoms with Crippen LogP contribution in [0.2, 0.25) is 0 Å². The van der Waals surface area contributed by atoms with E-state index in [0.717, 1.165) is 69.8 Å². The molecule has 0 unspecified atom stereocenters. The van der Waals surface area contributed by atoms with Crippen LogP contribution in [-0.4, -0.2) is 84.7 Å². The molecular weight excluding hydrogens is 318 g/mol. The van der Waals surface area contributed by atoms with Gasteiger partial charge in [-0.05, 0) is 18.9 Å². The van der Waals surface area contributed by atoms with Gasteiger partial charge in [-0.15, -0.1) is 0 Å². The lowest BCUT2D eigenvalue weighted by Crippen LogP contribution is -2.52. The number of carbonyl (C=O) groups is 1. The molecule has 0 saturated carbocycles. The van der Waals surface area contributed by atoms with E-state index in [9.17, 15) is 4.79 Å². The molecule has 0 spiro atoms. The van der Waals surface area contributed by atoms with Crippen molar-refractivity contribution in [2.75, 3.05) is 63.9 Å². The van der Waals surface area contributed by atoms with Gasteiger partial charge in [0.15, 0.2) is 0 Å². The Morgan fingerprint density at radius 2 is 1.80 bits per heavy atom. The molecule has 1 aromatic heterocycles. The number of piperazine rings is 1. The molecule has 138 valence electrons. The molecule has 0 radical (unpaired) electrons. The van der Waals surface area contributed by atoms with Crippen molar-refractivity contribution < 1.29 is 9.53 Å². The van der Waals surface area contributed by atoms with E-state index in [1.807, 2.05) is 11.8 Å². The van der Waals surface area contributed by atoms with Crippen LogP contribution in [0.3, 0.4) is 0 Å². The maximum atomic E-state index is 12.5. The summed E-state index contributed by atoms with van der Waals surface area (Å²) in [5.74, 6) is 1.40. The summed E-state index contributed by atoms with van der Waals surface area (Å²) in [4.78, 5) is 28.1. The number of morpholine rings is 1. The van der Waals surface area contributed by atoms with Gasteiger partial charge in [0, 0.05) is 50.7 Å². The first kappa shape index (κ1) is 18.1. The van der Waals surface area contributed by atoms with Gasteiger partial charge < -0.3 is 14.5 Å². The first-order chi connectivity index (χ1) is 12.0. The minimum Gasteiger partial charge on any atom is -0.379 e. The number of rotatable bonds is 4. The average Bonchev–Trinajstić information content (AvgIpc) is 2.62. The molecule has 1 aromatic rings. The Balaban J connectivity index is 1.55. The number of ether oxygens (including phenoxy) is 1. The number of hydrogen-bond acceptors (Lipinski definition) is 6. The van der Waals surface area contributed by atoms with Gasteiger partial charge >= 0.3 is 0 Å². The highest BCUT2D eigenvalue weighted by atomic mass is 16.5. The highest BCUT2D eigenvalue weighted by molar-refractivity contribution is 5.78. The summed E-state index contributed by atoms with van der Waals surface area (Å²) in [5, 5.41) is 0. The fourth-order valence-corrected chi connectivity index (χ4v) is 3.22. The van der Waals surface area contributed by atoms with E-state index in [4.69, 9.17) is 9.72 Å². The number of anilines is 1. The number of hydrogen-bond donors (Lipinski definition) is 0. The molecule has 7 nitrogen and oxygen atoms in total. The van der Waals surface area contributed by atoms with Gasteiger partial charge in [-0.3, -0.25) is 9.69 Å². The Kier molecular flexibility index (Phi) is 5.86. The molecule has 7 heteroatoms. The van der Waals surface area contributed by atoms with Crippen molar-refractivity contribution in [1.29, 1.82) is 0 Å². The summed E-state index contributed by atoms with van der Waals surface area (Å²) in [6.07, 6.45) is 0. The Morgan fingerprint density at radius 1 is 1.12 bits per heavy atom. The molecule has 1 amide bonds. The summed E-state index contributed by atoms with van der Waals surface area (Å²) in [5.41, 5.74) is 2.08. The Bertz CT molecular complexity index is 593. The number of aromatic nitrogens is 2. The van der Waals surface area contributed by atoms with Crippen molar-refractivity contribution >= 4 is 11.9 Å². The van der Waals surface area contributed by atoms with E-state index in [0.29, 0.717) is 12.5 Å². The summed E-state index contributed by atoms with van der Waals surface area (Å²) in [6.45, 7) is 13.0. The Hall–Kier alpha value is -1.73. The Morgan fingerprint density at radius 3 is 2.44 bits per heavy atom. The number of nitrogens with zero attached hydrogens (tertiary/aromatic N) is 5. The number of amides is 1. The second-order valence-electron chi connectivity index (χ2n) is 7.15. The molecule has 2 fully saturated rings. The third kappa shape index (κ3) is 4.67. The third-order valence-corrected chi connectivity index (χ3v) is 4.83. The lowest BCUT2D eigenvalue weighted by molar-refractivity contribution is -0.133. The van der Waals surface area contributed by atoms with Crippen LogP contribution in [0.15, 0.2) is 6.07 Å². The highest BCUT2D eigenvalue weighted by Gasteiger charge is 2.25. The van der Waals surface area contributed by atoms with Gasteiger partial charge in [0.1, 0.15) is 0 Å². The largest absolute Gasteiger partial charge is 0.379 e. The molecule has 0 aliphatic carbocycles. The third-order valence-electron chi connectivity index (χ3n) is 4.83. The van der Waals surface area contributed by atoms with E-state index in [2.05, 4.69) is 34.7 Å². The number of carbonyl (C=O) groups excluding carboxylic acids is 1. The molecule has 2 saturated heterocycles. The van der Waals surface area contributed by atoms with Gasteiger partial charge in [0.05, 0.1) is 19.8 Å². The summed E-state index contributed by atoms with van der Waals surface area (Å²) >= 11 is 0. The minimum absolute atomic E-state index is 0.217. The molecule has 3 heterocycles. The molecule has 0 atom stereocenters. The summed E-state index contributed by atoms with van der Waals surface area (Å²) in [6, 6.07) is 2.05. The zero-order valence-corrected chi connectivity index (χ0v) is 15.6. The van der Waals surface area contributed by atoms with Crippen LogP contribution in [0, 0.1) is 6.92 Å². The highest BCUT2D eigenvalue weighted by Crippen LogP contribution is 2.18. The summed E-state index contributed by atoms with van der Waals surface area (Å²) in [7, 11) is 0. The van der Waals surface area contributed by atoms with Crippen LogP contribution >= 0.6 is 0 Å². The lowest BCUT2D eigenvalue weighted by Gasteiger charge is -2.36. The summed E-state index contributed by atoms with van der Waals surface area (Å²) < 4.78 is 5.34. The monoisotopic (exact) mass is 347 g/mol. The molecule has 25 heavy (non-hydrogen) atoms. The van der Waals surface area contributed by atoms with Gasteiger partial charge in [0.2, 0.25) is 11.9 Å². The molecule has 3 rings (SSSR count). The van der Waals surface area contributed by atoms with Crippen LogP contribution in [0.25, 0.3) is 0 Å². The molecule has 0 bridgehead atoms. The topological polar surface area (TPSA) is 61.8 Å². The normalized spacial score (nSPS) is 19.5. The number of aryl methyl sites for hydroxylation is 1. The maximum absolute atomic E-state index is 12.5. The van der Waals surface area contributed by atoms with Crippen molar-refractivity contribution in [2.45, 2.75) is 26.7 Å². The van der Waals surface area contributed by atoms with E-state index in [-0.39, 0.29) is 5.91 Å². The van der Waals surface area contributed by atoms with Gasteiger partial charge in [-0.25, -0.2) is 9.97 Å². The predicted molar refractivity (Wildman–Crippen MR) is 96.9 cm³/mol. The molecular formula is C18H29N5O2. The minimum atomic E-state index is 0.217. The lowest BCUT2D eigenvalue weighted by atomic mass is 10.1. The van der Waals surface area contributed by atoms with E-state index in [1.54, 1.807) is 0 Å². The van der Waals surface area contributed by atoms with Crippen LogP contribution in [0.4, 0.5) is 5.95 Å². The van der Waals surface area contributed by atoms with E-state index in [1.165, 1.54) is 0 Å². The fraction of sp³-hybridized carbons (Fsp3) is 0.722. The smallest absolute Gasteiger partial charge is 0.236 e. The van der Waals surface area contributed by atoms with Gasteiger partial charge in [-0.2, -0.15) is 0 Å². The van der Waals surface area contributed by atoms with Crippen molar-refractivity contribution in [1.82, 2.24) is 19.8 Å². The first-order valence-corrected chi connectivity index (χ1v) is 9.21. The van der Waals surface area contributed by atoms with Gasteiger partial charge in [0.25, 0.3) is 0 Å². The van der Waals surface area contributed by atoms with Crippen LogP contribution in [-0.2, 0) is 9.53 Å². The zero-order chi connectivity index (χ0) is 17.8. The first-order valence-electron chi connectivity index (χ1n) is 9.21. The molecule has 0 N–H and O–H groups in total. The molecule has 2 aliphatic rings. The second-order valence-corrected chi connectivity index (χ2v) is 7.15.